The zero-order chi connectivity index (χ0) is 16.9. The fourth-order valence-corrected chi connectivity index (χ4v) is 2.63. The molecule has 124 valence electrons. The van der Waals surface area contributed by atoms with Crippen LogP contribution in [0.1, 0.15) is 28.1 Å². The number of hydrogen-bond donors (Lipinski definition) is 1. The summed E-state index contributed by atoms with van der Waals surface area (Å²) in [5.41, 5.74) is 2.54. The Labute approximate surface area is 143 Å². The minimum atomic E-state index is -0.228. The average Bonchev–Trinajstić information content (AvgIpc) is 3.21. The van der Waals surface area contributed by atoms with Crippen LogP contribution in [-0.4, -0.2) is 22.8 Å². The van der Waals surface area contributed by atoms with E-state index in [2.05, 4.69) is 15.6 Å². The molecule has 0 bridgehead atoms. The molecule has 0 atom stereocenters. The number of carbonyl (C=O) groups is 1. The van der Waals surface area contributed by atoms with Gasteiger partial charge >= 0.3 is 0 Å². The first-order chi connectivity index (χ1) is 11.7. The number of rotatable bonds is 6. The number of amides is 1. The van der Waals surface area contributed by atoms with Crippen molar-refractivity contribution in [1.82, 2.24) is 15.6 Å². The lowest BCUT2D eigenvalue weighted by Gasteiger charge is -2.06. The molecule has 0 saturated heterocycles. The van der Waals surface area contributed by atoms with Crippen LogP contribution in [0.25, 0.3) is 11.3 Å². The summed E-state index contributed by atoms with van der Waals surface area (Å²) < 4.78 is 9.97. The molecule has 24 heavy (non-hydrogen) atoms. The van der Waals surface area contributed by atoms with Crippen molar-refractivity contribution in [3.63, 3.8) is 0 Å². The lowest BCUT2D eigenvalue weighted by molar-refractivity contribution is 0.0952. The van der Waals surface area contributed by atoms with Crippen LogP contribution in [0.5, 0.6) is 0 Å². The van der Waals surface area contributed by atoms with Gasteiger partial charge in [-0.1, -0.05) is 40.1 Å². The van der Waals surface area contributed by atoms with Gasteiger partial charge in [0.1, 0.15) is 23.3 Å². The van der Waals surface area contributed by atoms with E-state index in [1.54, 1.807) is 25.5 Å². The van der Waals surface area contributed by atoms with Gasteiger partial charge in [0.25, 0.3) is 5.91 Å². The van der Waals surface area contributed by atoms with E-state index in [0.717, 1.165) is 18.4 Å². The Bertz CT molecular complexity index is 827. The van der Waals surface area contributed by atoms with E-state index < -0.39 is 0 Å². The molecule has 0 spiro atoms. The third kappa shape index (κ3) is 3.49. The Balaban J connectivity index is 1.69. The molecule has 0 fully saturated rings. The molecule has 7 heteroatoms. The number of benzene rings is 1. The smallest absolute Gasteiger partial charge is 0.257 e. The number of hydrogen-bond acceptors (Lipinski definition) is 5. The molecular formula is C17H16ClN3O3. The predicted molar refractivity (Wildman–Crippen MR) is 88.8 cm³/mol. The van der Waals surface area contributed by atoms with Crippen molar-refractivity contribution in [1.29, 1.82) is 0 Å². The molecule has 3 rings (SSSR count). The third-order valence-corrected chi connectivity index (χ3v) is 3.96. The first kappa shape index (κ1) is 16.3. The van der Waals surface area contributed by atoms with Gasteiger partial charge in [-0.25, -0.2) is 0 Å². The molecule has 0 unspecified atom stereocenters. The fraction of sp³-hybridized carbons (Fsp3) is 0.235. The summed E-state index contributed by atoms with van der Waals surface area (Å²) in [6.45, 7) is 2.23. The summed E-state index contributed by atoms with van der Waals surface area (Å²) >= 11 is 6.20. The highest BCUT2D eigenvalue weighted by Crippen LogP contribution is 2.30. The van der Waals surface area contributed by atoms with Crippen LogP contribution in [0.4, 0.5) is 0 Å². The van der Waals surface area contributed by atoms with Crippen LogP contribution in [0.2, 0.25) is 5.02 Å². The zero-order valence-corrected chi connectivity index (χ0v) is 13.8. The van der Waals surface area contributed by atoms with Crippen molar-refractivity contribution in [3.05, 3.63) is 58.6 Å². The van der Waals surface area contributed by atoms with Crippen LogP contribution >= 0.6 is 11.6 Å². The molecule has 2 heterocycles. The van der Waals surface area contributed by atoms with Gasteiger partial charge in [-0.05, 0) is 25.8 Å². The molecule has 1 aromatic carbocycles. The van der Waals surface area contributed by atoms with E-state index >= 15 is 0 Å². The zero-order valence-electron chi connectivity index (χ0n) is 13.1. The van der Waals surface area contributed by atoms with Crippen LogP contribution in [0.3, 0.4) is 0 Å². The van der Waals surface area contributed by atoms with E-state index in [4.69, 9.17) is 20.6 Å². The maximum absolute atomic E-state index is 12.5. The number of aromatic nitrogens is 2. The molecule has 3 aromatic rings. The van der Waals surface area contributed by atoms with Gasteiger partial charge < -0.3 is 14.4 Å². The molecule has 6 nitrogen and oxygen atoms in total. The van der Waals surface area contributed by atoms with E-state index in [-0.39, 0.29) is 5.91 Å². The van der Waals surface area contributed by atoms with Crippen molar-refractivity contribution >= 4 is 17.5 Å². The van der Waals surface area contributed by atoms with Crippen molar-refractivity contribution < 1.29 is 13.8 Å². The van der Waals surface area contributed by atoms with E-state index in [1.165, 1.54) is 0 Å². The van der Waals surface area contributed by atoms with Gasteiger partial charge in [-0.3, -0.25) is 4.79 Å². The SMILES string of the molecule is Cc1onc(-c2ccccc2Cl)c1C(=O)NCCCc1cnoc1. The number of aryl methyl sites for hydroxylation is 2. The highest BCUT2D eigenvalue weighted by Gasteiger charge is 2.22. The standard InChI is InChI=1S/C17H16ClN3O3/c1-11-15(16(21-24-11)13-6-2-3-7-14(13)18)17(22)19-8-4-5-12-9-20-23-10-12/h2-3,6-7,9-10H,4-5,8H2,1H3,(H,19,22). The number of nitrogens with zero attached hydrogens (tertiary/aromatic N) is 2. The average molecular weight is 346 g/mol. The van der Waals surface area contributed by atoms with Crippen molar-refractivity contribution in [2.45, 2.75) is 19.8 Å². The van der Waals surface area contributed by atoms with Gasteiger partial charge in [0.2, 0.25) is 0 Å². The minimum Gasteiger partial charge on any atom is -0.364 e. The van der Waals surface area contributed by atoms with E-state index in [0.29, 0.717) is 34.1 Å². The predicted octanol–water partition coefficient (Wildman–Crippen LogP) is 3.65. The van der Waals surface area contributed by atoms with E-state index in [9.17, 15) is 4.79 Å². The molecule has 0 saturated carbocycles. The summed E-state index contributed by atoms with van der Waals surface area (Å²) in [6, 6.07) is 7.22. The second-order valence-electron chi connectivity index (χ2n) is 5.33. The lowest BCUT2D eigenvalue weighted by atomic mass is 10.1. The minimum absolute atomic E-state index is 0.228. The summed E-state index contributed by atoms with van der Waals surface area (Å²) in [4.78, 5) is 12.5. The second-order valence-corrected chi connectivity index (χ2v) is 5.74. The van der Waals surface area contributed by atoms with Crippen molar-refractivity contribution in [3.8, 4) is 11.3 Å². The van der Waals surface area contributed by atoms with Crippen molar-refractivity contribution in [2.75, 3.05) is 6.54 Å². The highest BCUT2D eigenvalue weighted by molar-refractivity contribution is 6.33. The van der Waals surface area contributed by atoms with Gasteiger partial charge in [0.05, 0.1) is 11.2 Å². The van der Waals surface area contributed by atoms with Gasteiger partial charge in [0.15, 0.2) is 0 Å². The first-order valence-corrected chi connectivity index (χ1v) is 7.92. The van der Waals surface area contributed by atoms with Crippen LogP contribution in [0, 0.1) is 6.92 Å². The number of halogens is 1. The topological polar surface area (TPSA) is 81.2 Å². The molecular weight excluding hydrogens is 330 g/mol. The Morgan fingerprint density at radius 1 is 1.33 bits per heavy atom. The highest BCUT2D eigenvalue weighted by atomic mass is 35.5. The quantitative estimate of drug-likeness (QED) is 0.689. The molecule has 1 N–H and O–H groups in total. The fourth-order valence-electron chi connectivity index (χ4n) is 2.41. The maximum atomic E-state index is 12.5. The largest absolute Gasteiger partial charge is 0.364 e. The Kier molecular flexibility index (Phi) is 4.96. The molecule has 0 aliphatic rings. The molecule has 0 aliphatic heterocycles. The monoisotopic (exact) mass is 345 g/mol. The molecule has 2 aromatic heterocycles. The maximum Gasteiger partial charge on any atom is 0.257 e. The lowest BCUT2D eigenvalue weighted by Crippen LogP contribution is -2.25. The third-order valence-electron chi connectivity index (χ3n) is 3.63. The summed E-state index contributed by atoms with van der Waals surface area (Å²) in [5.74, 6) is 0.232. The molecule has 0 aliphatic carbocycles. The van der Waals surface area contributed by atoms with Crippen molar-refractivity contribution in [2.24, 2.45) is 0 Å². The number of nitrogens with one attached hydrogen (secondary N) is 1. The molecule has 0 radical (unpaired) electrons. The summed E-state index contributed by atoms with van der Waals surface area (Å²) in [5, 5.41) is 11.0. The molecule has 1 amide bonds. The Hall–Kier alpha value is -2.60. The Morgan fingerprint density at radius 2 is 2.17 bits per heavy atom. The summed E-state index contributed by atoms with van der Waals surface area (Å²) in [6.07, 6.45) is 4.82. The van der Waals surface area contributed by atoms with Crippen LogP contribution in [0.15, 0.2) is 45.8 Å². The van der Waals surface area contributed by atoms with Crippen LogP contribution in [-0.2, 0) is 6.42 Å². The van der Waals surface area contributed by atoms with Gasteiger partial charge in [-0.15, -0.1) is 0 Å². The Morgan fingerprint density at radius 3 is 2.92 bits per heavy atom. The second kappa shape index (κ2) is 7.31. The van der Waals surface area contributed by atoms with Gasteiger partial charge in [-0.2, -0.15) is 0 Å². The van der Waals surface area contributed by atoms with E-state index in [1.807, 2.05) is 18.2 Å². The normalized spacial score (nSPS) is 10.8. The van der Waals surface area contributed by atoms with Crippen LogP contribution < -0.4 is 5.32 Å². The first-order valence-electron chi connectivity index (χ1n) is 7.54. The summed E-state index contributed by atoms with van der Waals surface area (Å²) in [7, 11) is 0. The van der Waals surface area contributed by atoms with Gasteiger partial charge in [0, 0.05) is 17.7 Å². The number of carbonyl (C=O) groups excluding carboxylic acids is 1.